The van der Waals surface area contributed by atoms with Gasteiger partial charge in [-0.1, -0.05) is 44.0 Å². The number of hydrogen-bond acceptors (Lipinski definition) is 1. The van der Waals surface area contributed by atoms with Crippen LogP contribution in [0.25, 0.3) is 0 Å². The van der Waals surface area contributed by atoms with E-state index in [1.807, 2.05) is 12.1 Å². The van der Waals surface area contributed by atoms with E-state index in [2.05, 4.69) is 26.0 Å². The number of halogens is 1. The average molecular weight is 227 g/mol. The molecule has 0 radical (unpaired) electrons. The van der Waals surface area contributed by atoms with Crippen molar-refractivity contribution in [3.63, 3.8) is 0 Å². The third-order valence-electron chi connectivity index (χ3n) is 2.55. The van der Waals surface area contributed by atoms with Crippen LogP contribution in [-0.4, -0.2) is 13.2 Å². The molecule has 0 heterocycles. The smallest absolute Gasteiger partial charge is 0.0506 e. The number of benzene rings is 1. The second kappa shape index (κ2) is 6.86. The molecular weight excluding hydrogens is 208 g/mol. The van der Waals surface area contributed by atoms with Crippen molar-refractivity contribution in [2.24, 2.45) is 5.92 Å². The SMILES string of the molecule is CCC(C)COCCc1ccc(Cl)cc1. The fourth-order valence-electron chi connectivity index (χ4n) is 1.24. The monoisotopic (exact) mass is 226 g/mol. The maximum atomic E-state index is 5.80. The van der Waals surface area contributed by atoms with Gasteiger partial charge in [-0.25, -0.2) is 0 Å². The van der Waals surface area contributed by atoms with Gasteiger partial charge in [-0.15, -0.1) is 0 Å². The van der Waals surface area contributed by atoms with Crippen LogP contribution in [0.1, 0.15) is 25.8 Å². The zero-order chi connectivity index (χ0) is 11.1. The molecule has 2 heteroatoms. The predicted molar refractivity (Wildman–Crippen MR) is 65.4 cm³/mol. The van der Waals surface area contributed by atoms with Crippen molar-refractivity contribution in [1.29, 1.82) is 0 Å². The van der Waals surface area contributed by atoms with E-state index in [0.717, 1.165) is 24.7 Å². The summed E-state index contributed by atoms with van der Waals surface area (Å²) in [4.78, 5) is 0. The topological polar surface area (TPSA) is 9.23 Å². The minimum atomic E-state index is 0.662. The van der Waals surface area contributed by atoms with Crippen molar-refractivity contribution in [3.05, 3.63) is 34.9 Å². The van der Waals surface area contributed by atoms with Gasteiger partial charge in [-0.3, -0.25) is 0 Å². The third-order valence-corrected chi connectivity index (χ3v) is 2.80. The molecular formula is C13H19ClO. The molecule has 1 atom stereocenters. The van der Waals surface area contributed by atoms with Crippen molar-refractivity contribution >= 4 is 11.6 Å². The quantitative estimate of drug-likeness (QED) is 0.668. The van der Waals surface area contributed by atoms with Crippen molar-refractivity contribution in [1.82, 2.24) is 0 Å². The minimum Gasteiger partial charge on any atom is -0.381 e. The molecule has 0 aliphatic heterocycles. The lowest BCUT2D eigenvalue weighted by Crippen LogP contribution is -2.07. The van der Waals surface area contributed by atoms with Gasteiger partial charge in [0.25, 0.3) is 0 Å². The molecule has 1 rings (SSSR count). The summed E-state index contributed by atoms with van der Waals surface area (Å²) < 4.78 is 5.59. The molecule has 15 heavy (non-hydrogen) atoms. The summed E-state index contributed by atoms with van der Waals surface area (Å²) in [5.74, 6) is 0.662. The van der Waals surface area contributed by atoms with Crippen molar-refractivity contribution in [3.8, 4) is 0 Å². The molecule has 0 saturated heterocycles. The maximum Gasteiger partial charge on any atom is 0.0506 e. The molecule has 0 spiro atoms. The highest BCUT2D eigenvalue weighted by Gasteiger charge is 1.98. The van der Waals surface area contributed by atoms with E-state index in [4.69, 9.17) is 16.3 Å². The molecule has 0 aromatic heterocycles. The summed E-state index contributed by atoms with van der Waals surface area (Å²) in [5.41, 5.74) is 1.28. The first-order valence-electron chi connectivity index (χ1n) is 5.54. The Balaban J connectivity index is 2.17. The molecule has 0 saturated carbocycles. The summed E-state index contributed by atoms with van der Waals surface area (Å²) in [6, 6.07) is 7.95. The number of ether oxygens (including phenoxy) is 1. The first kappa shape index (κ1) is 12.5. The minimum absolute atomic E-state index is 0.662. The standard InChI is InChI=1S/C13H19ClO/c1-3-11(2)10-15-9-8-12-4-6-13(14)7-5-12/h4-7,11H,3,8-10H2,1-2H3. The van der Waals surface area contributed by atoms with Crippen molar-refractivity contribution in [2.45, 2.75) is 26.7 Å². The first-order chi connectivity index (χ1) is 7.22. The molecule has 1 unspecified atom stereocenters. The molecule has 0 aliphatic rings. The third kappa shape index (κ3) is 5.19. The fourth-order valence-corrected chi connectivity index (χ4v) is 1.37. The van der Waals surface area contributed by atoms with Gasteiger partial charge in [-0.2, -0.15) is 0 Å². The zero-order valence-electron chi connectivity index (χ0n) is 9.50. The molecule has 1 aromatic rings. The lowest BCUT2D eigenvalue weighted by molar-refractivity contribution is 0.106. The van der Waals surface area contributed by atoms with Crippen LogP contribution >= 0.6 is 11.6 Å². The Morgan fingerprint density at radius 2 is 1.93 bits per heavy atom. The van der Waals surface area contributed by atoms with Crippen LogP contribution in [0.5, 0.6) is 0 Å². The fraction of sp³-hybridized carbons (Fsp3) is 0.538. The first-order valence-corrected chi connectivity index (χ1v) is 5.92. The Hall–Kier alpha value is -0.530. The second-order valence-electron chi connectivity index (χ2n) is 3.96. The average Bonchev–Trinajstić information content (AvgIpc) is 2.26. The van der Waals surface area contributed by atoms with E-state index in [9.17, 15) is 0 Å². The zero-order valence-corrected chi connectivity index (χ0v) is 10.3. The van der Waals surface area contributed by atoms with E-state index in [1.165, 1.54) is 12.0 Å². The van der Waals surface area contributed by atoms with E-state index in [0.29, 0.717) is 5.92 Å². The van der Waals surface area contributed by atoms with Crippen molar-refractivity contribution in [2.75, 3.05) is 13.2 Å². The van der Waals surface area contributed by atoms with Crippen LogP contribution in [0.3, 0.4) is 0 Å². The molecule has 0 amide bonds. The van der Waals surface area contributed by atoms with Gasteiger partial charge < -0.3 is 4.74 Å². The second-order valence-corrected chi connectivity index (χ2v) is 4.40. The molecule has 0 N–H and O–H groups in total. The lowest BCUT2D eigenvalue weighted by Gasteiger charge is -2.09. The Labute approximate surface area is 97.4 Å². The van der Waals surface area contributed by atoms with E-state index in [-0.39, 0.29) is 0 Å². The van der Waals surface area contributed by atoms with Gasteiger partial charge in [0.05, 0.1) is 6.61 Å². The maximum absolute atomic E-state index is 5.80. The van der Waals surface area contributed by atoms with E-state index >= 15 is 0 Å². The summed E-state index contributed by atoms with van der Waals surface area (Å²) in [6.45, 7) is 6.06. The van der Waals surface area contributed by atoms with Crippen LogP contribution in [0, 0.1) is 5.92 Å². The summed E-state index contributed by atoms with van der Waals surface area (Å²) in [7, 11) is 0. The summed E-state index contributed by atoms with van der Waals surface area (Å²) in [5, 5.41) is 0.791. The molecule has 0 aliphatic carbocycles. The molecule has 1 aromatic carbocycles. The Kier molecular flexibility index (Phi) is 5.74. The van der Waals surface area contributed by atoms with Crippen LogP contribution in [0.2, 0.25) is 5.02 Å². The molecule has 0 fully saturated rings. The predicted octanol–water partition coefficient (Wildman–Crippen LogP) is 3.95. The Bertz CT molecular complexity index is 268. The van der Waals surface area contributed by atoms with Gasteiger partial charge in [-0.05, 0) is 30.0 Å². The largest absolute Gasteiger partial charge is 0.381 e. The van der Waals surface area contributed by atoms with E-state index in [1.54, 1.807) is 0 Å². The molecule has 0 bridgehead atoms. The van der Waals surface area contributed by atoms with Crippen molar-refractivity contribution < 1.29 is 4.74 Å². The highest BCUT2D eigenvalue weighted by Crippen LogP contribution is 2.10. The highest BCUT2D eigenvalue weighted by molar-refractivity contribution is 6.30. The van der Waals surface area contributed by atoms with Gasteiger partial charge in [0, 0.05) is 11.6 Å². The Morgan fingerprint density at radius 3 is 2.53 bits per heavy atom. The lowest BCUT2D eigenvalue weighted by atomic mass is 10.1. The van der Waals surface area contributed by atoms with E-state index < -0.39 is 0 Å². The summed E-state index contributed by atoms with van der Waals surface area (Å²) in [6.07, 6.45) is 2.15. The number of rotatable bonds is 6. The van der Waals surface area contributed by atoms with Gasteiger partial charge >= 0.3 is 0 Å². The van der Waals surface area contributed by atoms with Gasteiger partial charge in [0.2, 0.25) is 0 Å². The van der Waals surface area contributed by atoms with Crippen LogP contribution in [-0.2, 0) is 11.2 Å². The number of hydrogen-bond donors (Lipinski definition) is 0. The van der Waals surface area contributed by atoms with Crippen LogP contribution in [0.15, 0.2) is 24.3 Å². The highest BCUT2D eigenvalue weighted by atomic mass is 35.5. The molecule has 1 nitrogen and oxygen atoms in total. The van der Waals surface area contributed by atoms with Gasteiger partial charge in [0.15, 0.2) is 0 Å². The normalized spacial score (nSPS) is 12.7. The summed E-state index contributed by atoms with van der Waals surface area (Å²) >= 11 is 5.80. The molecule has 84 valence electrons. The Morgan fingerprint density at radius 1 is 1.27 bits per heavy atom. The van der Waals surface area contributed by atoms with Gasteiger partial charge in [0.1, 0.15) is 0 Å². The van der Waals surface area contributed by atoms with Crippen LogP contribution < -0.4 is 0 Å². The van der Waals surface area contributed by atoms with Crippen LogP contribution in [0.4, 0.5) is 0 Å².